The van der Waals surface area contributed by atoms with Gasteiger partial charge in [0.05, 0.1) is 0 Å². The molecule has 0 radical (unpaired) electrons. The molecular formula is C4H10ClOTi. The molecule has 3 heteroatoms. The monoisotopic (exact) mass is 157 g/mol. The van der Waals surface area contributed by atoms with Gasteiger partial charge in [-0.25, -0.2) is 0 Å². The Balaban J connectivity index is 0. The summed E-state index contributed by atoms with van der Waals surface area (Å²) in [6.45, 7) is 2.40. The van der Waals surface area contributed by atoms with Gasteiger partial charge in [0.25, 0.3) is 0 Å². The zero-order chi connectivity index (χ0) is 6.12. The molecular weight excluding hydrogens is 147 g/mol. The summed E-state index contributed by atoms with van der Waals surface area (Å²) in [4.78, 5) is 0. The van der Waals surface area contributed by atoms with Crippen LogP contribution in [0.2, 0.25) is 0 Å². The van der Waals surface area contributed by atoms with Crippen molar-refractivity contribution < 1.29 is 24.5 Å². The van der Waals surface area contributed by atoms with Crippen LogP contribution < -0.4 is 0 Å². The summed E-state index contributed by atoms with van der Waals surface area (Å²) in [5.41, 5.74) is 0. The van der Waals surface area contributed by atoms with E-state index in [4.69, 9.17) is 5.11 Å². The molecule has 0 aliphatic carbocycles. The van der Waals surface area contributed by atoms with Crippen LogP contribution in [0.1, 0.15) is 19.8 Å². The molecule has 0 rings (SSSR count). The Morgan fingerprint density at radius 2 is 2.00 bits per heavy atom. The van der Waals surface area contributed by atoms with E-state index in [2.05, 4.69) is 16.2 Å². The first-order valence-corrected chi connectivity index (χ1v) is 4.36. The third-order valence-electron chi connectivity index (χ3n) is 0.512. The molecule has 0 bridgehead atoms. The molecule has 0 aromatic carbocycles. The molecule has 0 aromatic heterocycles. The summed E-state index contributed by atoms with van der Waals surface area (Å²) in [6.07, 6.45) is 2.04. The van der Waals surface area contributed by atoms with E-state index in [0.29, 0.717) is 6.61 Å². The van der Waals surface area contributed by atoms with Crippen LogP contribution >= 0.6 is 9.30 Å². The summed E-state index contributed by atoms with van der Waals surface area (Å²) in [7, 11) is 4.64. The molecule has 1 nitrogen and oxygen atoms in total. The summed E-state index contributed by atoms with van der Waals surface area (Å²) >= 11 is 1.47. The molecule has 0 spiro atoms. The van der Waals surface area contributed by atoms with Gasteiger partial charge in [0.2, 0.25) is 0 Å². The Morgan fingerprint density at radius 1 is 1.57 bits per heavy atom. The van der Waals surface area contributed by atoms with E-state index in [1.165, 1.54) is 19.4 Å². The molecule has 0 saturated heterocycles. The third-order valence-corrected chi connectivity index (χ3v) is 0.512. The molecule has 43 valence electrons. The Hall–Kier alpha value is 0.964. The van der Waals surface area contributed by atoms with Crippen molar-refractivity contribution in [2.75, 3.05) is 6.61 Å². The molecule has 0 aliphatic rings. The van der Waals surface area contributed by atoms with Crippen LogP contribution in [-0.4, -0.2) is 11.7 Å². The number of rotatable bonds is 2. The van der Waals surface area contributed by atoms with Crippen LogP contribution in [0.25, 0.3) is 0 Å². The van der Waals surface area contributed by atoms with Crippen molar-refractivity contribution in [2.24, 2.45) is 0 Å². The number of hydrogen-bond acceptors (Lipinski definition) is 1. The van der Waals surface area contributed by atoms with Crippen LogP contribution in [0.5, 0.6) is 0 Å². The molecule has 0 fully saturated rings. The van der Waals surface area contributed by atoms with Crippen molar-refractivity contribution in [3.63, 3.8) is 0 Å². The van der Waals surface area contributed by atoms with Gasteiger partial charge in [-0.1, -0.05) is 13.3 Å². The van der Waals surface area contributed by atoms with E-state index in [9.17, 15) is 0 Å². The summed E-state index contributed by atoms with van der Waals surface area (Å²) < 4.78 is 0. The first kappa shape index (κ1) is 10.9. The molecule has 0 amide bonds. The van der Waals surface area contributed by atoms with E-state index in [-0.39, 0.29) is 0 Å². The Kier molecular flexibility index (Phi) is 24.5. The maximum absolute atomic E-state index is 8.07. The zero-order valence-electron chi connectivity index (χ0n) is 4.45. The SMILES string of the molecule is CCCCO.[Cl][Ti]. The van der Waals surface area contributed by atoms with Gasteiger partial charge in [-0.3, -0.25) is 0 Å². The van der Waals surface area contributed by atoms with Gasteiger partial charge in [0.15, 0.2) is 0 Å². The first-order valence-electron chi connectivity index (χ1n) is 2.21. The summed E-state index contributed by atoms with van der Waals surface area (Å²) in [6, 6.07) is 0. The second-order valence-electron chi connectivity index (χ2n) is 1.08. The van der Waals surface area contributed by atoms with Crippen LogP contribution in [0.3, 0.4) is 0 Å². The molecule has 0 saturated carbocycles. The number of aliphatic hydroxyl groups is 1. The first-order chi connectivity index (χ1) is 3.41. The van der Waals surface area contributed by atoms with Crippen molar-refractivity contribution in [3.05, 3.63) is 0 Å². The molecule has 1 N–H and O–H groups in total. The molecule has 0 atom stereocenters. The van der Waals surface area contributed by atoms with Crippen LogP contribution in [0.15, 0.2) is 0 Å². The van der Waals surface area contributed by atoms with E-state index >= 15 is 0 Å². The fourth-order valence-corrected chi connectivity index (χ4v) is 0.158. The van der Waals surface area contributed by atoms with Crippen molar-refractivity contribution in [1.82, 2.24) is 0 Å². The van der Waals surface area contributed by atoms with Gasteiger partial charge in [-0.15, -0.1) is 0 Å². The maximum atomic E-state index is 8.07. The Bertz CT molecular complexity index is 19.2. The average Bonchev–Trinajstić information content (AvgIpc) is 1.75. The fraction of sp³-hybridized carbons (Fsp3) is 1.00. The van der Waals surface area contributed by atoms with Crippen molar-refractivity contribution in [2.45, 2.75) is 19.8 Å². The van der Waals surface area contributed by atoms with Gasteiger partial charge in [0, 0.05) is 6.61 Å². The second kappa shape index (κ2) is 15.8. The van der Waals surface area contributed by atoms with E-state index < -0.39 is 0 Å². The Labute approximate surface area is 60.3 Å². The van der Waals surface area contributed by atoms with E-state index in [1.807, 2.05) is 0 Å². The van der Waals surface area contributed by atoms with Crippen molar-refractivity contribution in [3.8, 4) is 0 Å². The minimum absolute atomic E-state index is 0.344. The van der Waals surface area contributed by atoms with E-state index in [0.717, 1.165) is 12.8 Å². The molecule has 0 unspecified atom stereocenters. The van der Waals surface area contributed by atoms with Gasteiger partial charge in [-0.2, -0.15) is 0 Å². The van der Waals surface area contributed by atoms with E-state index in [1.54, 1.807) is 0 Å². The van der Waals surface area contributed by atoms with Crippen LogP contribution in [0.4, 0.5) is 0 Å². The van der Waals surface area contributed by atoms with Crippen molar-refractivity contribution >= 4 is 9.30 Å². The van der Waals surface area contributed by atoms with Crippen LogP contribution in [0, 0.1) is 0 Å². The fourth-order valence-electron chi connectivity index (χ4n) is 0.158. The molecule has 0 heterocycles. The predicted octanol–water partition coefficient (Wildman–Crippen LogP) is 1.47. The standard InChI is InChI=1S/C4H10O.ClH.Ti/c1-2-3-4-5;;/h5H,2-4H2,1H3;1H;/q;;+1/p-1. The summed E-state index contributed by atoms with van der Waals surface area (Å²) in [5.74, 6) is 0. The Morgan fingerprint density at radius 3 is 2.00 bits per heavy atom. The van der Waals surface area contributed by atoms with Gasteiger partial charge in [0.1, 0.15) is 0 Å². The number of aliphatic hydroxyl groups excluding tert-OH is 1. The molecule has 0 aliphatic heterocycles. The molecule has 0 aromatic rings. The number of hydrogen-bond donors (Lipinski definition) is 1. The number of halogens is 1. The van der Waals surface area contributed by atoms with Crippen LogP contribution in [-0.2, 0) is 19.4 Å². The average molecular weight is 157 g/mol. The zero-order valence-corrected chi connectivity index (χ0v) is 6.76. The van der Waals surface area contributed by atoms with Crippen molar-refractivity contribution in [1.29, 1.82) is 0 Å². The normalized spacial score (nSPS) is 6.57. The summed E-state index contributed by atoms with van der Waals surface area (Å²) in [5, 5.41) is 8.07. The third kappa shape index (κ3) is 19.5. The second-order valence-corrected chi connectivity index (χ2v) is 1.08. The number of unbranched alkanes of at least 4 members (excludes halogenated alkanes) is 1. The topological polar surface area (TPSA) is 20.2 Å². The van der Waals surface area contributed by atoms with Gasteiger partial charge in [-0.05, 0) is 6.42 Å². The molecule has 7 heavy (non-hydrogen) atoms. The predicted molar refractivity (Wildman–Crippen MR) is 27.8 cm³/mol. The van der Waals surface area contributed by atoms with Gasteiger partial charge < -0.3 is 5.11 Å². The minimum atomic E-state index is 0.344. The van der Waals surface area contributed by atoms with Gasteiger partial charge >= 0.3 is 28.7 Å². The quantitative estimate of drug-likeness (QED) is 0.602.